The Bertz CT molecular complexity index is 679. The molecule has 6 nitrogen and oxygen atoms in total. The van der Waals surface area contributed by atoms with E-state index in [-0.39, 0.29) is 0 Å². The number of hydrogen-bond donors (Lipinski definition) is 2. The molecule has 2 aromatic rings. The number of hydrogen-bond acceptors (Lipinski definition) is 6. The largest absolute Gasteiger partial charge is 0.467 e. The smallest absolute Gasteiger partial charge is 0.330 e. The van der Waals surface area contributed by atoms with Crippen molar-refractivity contribution in [1.82, 2.24) is 4.98 Å². The number of aliphatic hydroxyl groups excluding tert-OH is 1. The molecule has 2 rings (SSSR count). The number of methoxy groups -OCH3 is 1. The molecular weight excluding hydrogens is 258 g/mol. The molecule has 102 valence electrons. The minimum absolute atomic E-state index is 0.338. The zero-order chi connectivity index (χ0) is 14.5. The van der Waals surface area contributed by atoms with Crippen LogP contribution in [0.25, 0.3) is 10.9 Å². The van der Waals surface area contributed by atoms with Crippen LogP contribution in [0.15, 0.2) is 30.3 Å². The Balaban J connectivity index is 2.40. The number of fused-ring (bicyclic) bond motifs is 1. The van der Waals surface area contributed by atoms with Crippen molar-refractivity contribution >= 4 is 22.7 Å². The number of anilines is 1. The molecule has 0 radical (unpaired) electrons. The van der Waals surface area contributed by atoms with Crippen molar-refractivity contribution in [2.75, 3.05) is 19.0 Å². The number of ether oxygens (including phenoxy) is 1. The highest BCUT2D eigenvalue weighted by molar-refractivity contribution is 5.87. The van der Waals surface area contributed by atoms with Crippen LogP contribution in [-0.4, -0.2) is 35.8 Å². The quantitative estimate of drug-likeness (QED) is 0.807. The van der Waals surface area contributed by atoms with E-state index in [4.69, 9.17) is 5.26 Å². The topological polar surface area (TPSA) is 95.2 Å². The van der Waals surface area contributed by atoms with Crippen LogP contribution < -0.4 is 5.32 Å². The Hall–Kier alpha value is -2.65. The normalized spacial score (nSPS) is 11.7. The van der Waals surface area contributed by atoms with Crippen molar-refractivity contribution in [2.24, 2.45) is 0 Å². The van der Waals surface area contributed by atoms with E-state index in [1.807, 2.05) is 12.1 Å². The molecule has 1 unspecified atom stereocenters. The first-order chi connectivity index (χ1) is 9.69. The lowest BCUT2D eigenvalue weighted by Gasteiger charge is -2.15. The fourth-order valence-electron chi connectivity index (χ4n) is 1.84. The number of rotatable bonds is 4. The Labute approximate surface area is 115 Å². The molecule has 6 heteroatoms. The van der Waals surface area contributed by atoms with Gasteiger partial charge in [-0.05, 0) is 12.1 Å². The third-order valence-electron chi connectivity index (χ3n) is 2.83. The number of para-hydroxylation sites is 1. The van der Waals surface area contributed by atoms with E-state index in [0.717, 1.165) is 5.39 Å². The van der Waals surface area contributed by atoms with E-state index >= 15 is 0 Å². The number of carbonyl (C=O) groups excluding carboxylic acids is 1. The van der Waals surface area contributed by atoms with Crippen LogP contribution in [0.4, 0.5) is 5.82 Å². The van der Waals surface area contributed by atoms with Gasteiger partial charge in [0, 0.05) is 5.39 Å². The van der Waals surface area contributed by atoms with Gasteiger partial charge in [0.1, 0.15) is 11.9 Å². The number of aromatic nitrogens is 1. The first-order valence-corrected chi connectivity index (χ1v) is 5.94. The summed E-state index contributed by atoms with van der Waals surface area (Å²) in [4.78, 5) is 15.7. The fourth-order valence-corrected chi connectivity index (χ4v) is 1.84. The van der Waals surface area contributed by atoms with Gasteiger partial charge in [0.2, 0.25) is 0 Å². The summed E-state index contributed by atoms with van der Waals surface area (Å²) in [5, 5.41) is 21.8. The summed E-state index contributed by atoms with van der Waals surface area (Å²) in [6.45, 7) is -0.428. The van der Waals surface area contributed by atoms with E-state index < -0.39 is 18.6 Å². The van der Waals surface area contributed by atoms with Crippen molar-refractivity contribution in [2.45, 2.75) is 6.04 Å². The van der Waals surface area contributed by atoms with Crippen LogP contribution in [0.1, 0.15) is 5.56 Å². The summed E-state index contributed by atoms with van der Waals surface area (Å²) in [6.07, 6.45) is 0. The average molecular weight is 271 g/mol. The highest BCUT2D eigenvalue weighted by atomic mass is 16.5. The molecule has 1 atom stereocenters. The summed E-state index contributed by atoms with van der Waals surface area (Å²) in [6, 6.07) is 9.91. The molecule has 0 bridgehead atoms. The lowest BCUT2D eigenvalue weighted by atomic mass is 10.1. The molecule has 0 fully saturated rings. The van der Waals surface area contributed by atoms with Crippen molar-refractivity contribution in [3.63, 3.8) is 0 Å². The van der Waals surface area contributed by atoms with Gasteiger partial charge in [0.25, 0.3) is 0 Å². The monoisotopic (exact) mass is 271 g/mol. The minimum Gasteiger partial charge on any atom is -0.467 e. The molecule has 0 spiro atoms. The van der Waals surface area contributed by atoms with E-state index in [1.165, 1.54) is 13.2 Å². The molecule has 0 amide bonds. The summed E-state index contributed by atoms with van der Waals surface area (Å²) in [5.74, 6) is -0.259. The predicted octanol–water partition coefficient (Wildman–Crippen LogP) is 1.05. The number of benzene rings is 1. The van der Waals surface area contributed by atoms with Gasteiger partial charge in [-0.3, -0.25) is 0 Å². The van der Waals surface area contributed by atoms with Crippen LogP contribution in [-0.2, 0) is 9.53 Å². The van der Waals surface area contributed by atoms with E-state index in [2.05, 4.69) is 21.1 Å². The standard InChI is InChI=1S/C14H13N3O3/c1-20-14(19)12(8-18)17-13-6-9(7-15)10-4-2-3-5-11(10)16-13/h2-6,12,18H,8H2,1H3,(H,16,17). The van der Waals surface area contributed by atoms with Crippen LogP contribution >= 0.6 is 0 Å². The van der Waals surface area contributed by atoms with Gasteiger partial charge in [-0.1, -0.05) is 18.2 Å². The highest BCUT2D eigenvalue weighted by Crippen LogP contribution is 2.20. The maximum Gasteiger partial charge on any atom is 0.330 e. The van der Waals surface area contributed by atoms with Crippen LogP contribution in [0, 0.1) is 11.3 Å². The lowest BCUT2D eigenvalue weighted by Crippen LogP contribution is -2.34. The Morgan fingerprint density at radius 3 is 2.95 bits per heavy atom. The number of nitriles is 1. The number of nitrogens with zero attached hydrogens (tertiary/aromatic N) is 2. The number of esters is 1. The number of pyridine rings is 1. The molecule has 0 saturated carbocycles. The second-order valence-corrected chi connectivity index (χ2v) is 4.09. The zero-order valence-electron chi connectivity index (χ0n) is 10.8. The van der Waals surface area contributed by atoms with Gasteiger partial charge in [-0.25, -0.2) is 9.78 Å². The Morgan fingerprint density at radius 1 is 1.55 bits per heavy atom. The highest BCUT2D eigenvalue weighted by Gasteiger charge is 2.18. The third kappa shape index (κ3) is 2.68. The van der Waals surface area contributed by atoms with Gasteiger partial charge in [0.05, 0.1) is 30.9 Å². The Kier molecular flexibility index (Phi) is 4.13. The summed E-state index contributed by atoms with van der Waals surface area (Å²) in [7, 11) is 1.24. The van der Waals surface area contributed by atoms with E-state index in [1.54, 1.807) is 12.1 Å². The maximum absolute atomic E-state index is 11.4. The molecule has 2 N–H and O–H groups in total. The van der Waals surface area contributed by atoms with Crippen LogP contribution in [0.3, 0.4) is 0 Å². The zero-order valence-corrected chi connectivity index (χ0v) is 10.8. The van der Waals surface area contributed by atoms with Gasteiger partial charge < -0.3 is 15.2 Å². The molecule has 1 aromatic carbocycles. The Morgan fingerprint density at radius 2 is 2.30 bits per heavy atom. The molecule has 20 heavy (non-hydrogen) atoms. The summed E-state index contributed by atoms with van der Waals surface area (Å²) in [5.41, 5.74) is 1.08. The fraction of sp³-hybridized carbons (Fsp3) is 0.214. The van der Waals surface area contributed by atoms with Gasteiger partial charge >= 0.3 is 5.97 Å². The third-order valence-corrected chi connectivity index (χ3v) is 2.83. The lowest BCUT2D eigenvalue weighted by molar-refractivity contribution is -0.142. The molecule has 0 aliphatic carbocycles. The van der Waals surface area contributed by atoms with E-state index in [0.29, 0.717) is 16.9 Å². The van der Waals surface area contributed by atoms with Crippen molar-refractivity contribution in [3.8, 4) is 6.07 Å². The van der Waals surface area contributed by atoms with Crippen molar-refractivity contribution in [1.29, 1.82) is 5.26 Å². The molecular formula is C14H13N3O3. The first-order valence-electron chi connectivity index (χ1n) is 5.94. The molecule has 0 aliphatic rings. The summed E-state index contributed by atoms with van der Waals surface area (Å²) < 4.78 is 4.57. The SMILES string of the molecule is COC(=O)C(CO)Nc1cc(C#N)c2ccccc2n1. The van der Waals surface area contributed by atoms with Gasteiger partial charge in [-0.15, -0.1) is 0 Å². The van der Waals surface area contributed by atoms with Crippen LogP contribution in [0.2, 0.25) is 0 Å². The number of aliphatic hydroxyl groups is 1. The first kappa shape index (κ1) is 13.8. The molecule has 1 aromatic heterocycles. The second kappa shape index (κ2) is 5.99. The average Bonchev–Trinajstić information content (AvgIpc) is 2.50. The molecule has 0 aliphatic heterocycles. The van der Waals surface area contributed by atoms with E-state index in [9.17, 15) is 9.90 Å². The number of nitrogens with one attached hydrogen (secondary N) is 1. The summed E-state index contributed by atoms with van der Waals surface area (Å²) >= 11 is 0. The minimum atomic E-state index is -0.916. The molecule has 0 saturated heterocycles. The van der Waals surface area contributed by atoms with Crippen LogP contribution in [0.5, 0.6) is 0 Å². The second-order valence-electron chi connectivity index (χ2n) is 4.09. The molecule has 1 heterocycles. The van der Waals surface area contributed by atoms with Crippen molar-refractivity contribution in [3.05, 3.63) is 35.9 Å². The van der Waals surface area contributed by atoms with Gasteiger partial charge in [-0.2, -0.15) is 5.26 Å². The maximum atomic E-state index is 11.4. The number of carbonyl (C=O) groups is 1. The van der Waals surface area contributed by atoms with Crippen molar-refractivity contribution < 1.29 is 14.6 Å². The predicted molar refractivity (Wildman–Crippen MR) is 73.0 cm³/mol. The van der Waals surface area contributed by atoms with Gasteiger partial charge in [0.15, 0.2) is 0 Å².